The Bertz CT molecular complexity index is 866. The molecule has 7 nitrogen and oxygen atoms in total. The van der Waals surface area contributed by atoms with Crippen LogP contribution in [-0.4, -0.2) is 52.6 Å². The molecule has 4 rings (SSSR count). The van der Waals surface area contributed by atoms with E-state index in [1.165, 1.54) is 5.69 Å². The molecule has 0 bridgehead atoms. The SMILES string of the molecule is Cn1nc(N)c2ccc(N3CC4(CCN(C(=O)OC(C)(C)C)CC4)C3)cc21. The van der Waals surface area contributed by atoms with Gasteiger partial charge >= 0.3 is 6.09 Å². The largest absolute Gasteiger partial charge is 0.444 e. The molecule has 0 atom stereocenters. The molecule has 27 heavy (non-hydrogen) atoms. The van der Waals surface area contributed by atoms with Gasteiger partial charge in [0.15, 0.2) is 5.82 Å². The van der Waals surface area contributed by atoms with Gasteiger partial charge in [-0.15, -0.1) is 0 Å². The van der Waals surface area contributed by atoms with Crippen LogP contribution in [0.2, 0.25) is 0 Å². The second-order valence-electron chi connectivity index (χ2n) is 9.03. The van der Waals surface area contributed by atoms with Gasteiger partial charge in [-0.05, 0) is 51.8 Å². The van der Waals surface area contributed by atoms with Gasteiger partial charge in [0, 0.05) is 49.7 Å². The summed E-state index contributed by atoms with van der Waals surface area (Å²) in [6.07, 6.45) is 1.88. The topological polar surface area (TPSA) is 76.6 Å². The smallest absolute Gasteiger partial charge is 0.410 e. The molecule has 0 aliphatic carbocycles. The van der Waals surface area contributed by atoms with E-state index in [1.807, 2.05) is 37.4 Å². The Balaban J connectivity index is 1.37. The van der Waals surface area contributed by atoms with E-state index in [-0.39, 0.29) is 6.09 Å². The van der Waals surface area contributed by atoms with Crippen LogP contribution in [0.15, 0.2) is 18.2 Å². The van der Waals surface area contributed by atoms with Crippen LogP contribution < -0.4 is 10.6 Å². The Morgan fingerprint density at radius 2 is 1.89 bits per heavy atom. The van der Waals surface area contributed by atoms with Crippen LogP contribution in [0.25, 0.3) is 10.9 Å². The molecule has 3 heterocycles. The molecule has 0 saturated carbocycles. The fraction of sp³-hybridized carbons (Fsp3) is 0.600. The number of ether oxygens (including phenoxy) is 1. The lowest BCUT2D eigenvalue weighted by Crippen LogP contribution is -2.61. The molecule has 2 saturated heterocycles. The molecule has 2 fully saturated rings. The summed E-state index contributed by atoms with van der Waals surface area (Å²) in [7, 11) is 1.92. The second kappa shape index (κ2) is 6.04. The summed E-state index contributed by atoms with van der Waals surface area (Å²) in [5, 5.41) is 5.30. The van der Waals surface area contributed by atoms with E-state index in [4.69, 9.17) is 10.5 Å². The van der Waals surface area contributed by atoms with Crippen molar-refractivity contribution in [1.82, 2.24) is 14.7 Å². The Morgan fingerprint density at radius 3 is 2.52 bits per heavy atom. The van der Waals surface area contributed by atoms with E-state index in [2.05, 4.69) is 28.2 Å². The van der Waals surface area contributed by atoms with Crippen molar-refractivity contribution in [1.29, 1.82) is 0 Å². The average Bonchev–Trinajstić information content (AvgIpc) is 2.85. The van der Waals surface area contributed by atoms with E-state index in [9.17, 15) is 4.79 Å². The number of carbonyl (C=O) groups is 1. The standard InChI is InChI=1S/C20H29N5O2/c1-19(2,3)27-18(26)24-9-7-20(8-10-24)12-25(13-20)14-5-6-15-16(11-14)23(4)22-17(15)21/h5-6,11H,7-10,12-13H2,1-4H3,(H2,21,22). The third-order valence-electron chi connectivity index (χ3n) is 5.76. The van der Waals surface area contributed by atoms with E-state index >= 15 is 0 Å². The highest BCUT2D eigenvalue weighted by molar-refractivity contribution is 5.91. The maximum Gasteiger partial charge on any atom is 0.410 e. The first kappa shape index (κ1) is 17.9. The van der Waals surface area contributed by atoms with Crippen molar-refractivity contribution >= 4 is 28.5 Å². The van der Waals surface area contributed by atoms with Gasteiger partial charge in [0.25, 0.3) is 0 Å². The molecule has 2 aromatic rings. The number of rotatable bonds is 1. The van der Waals surface area contributed by atoms with Gasteiger partial charge in [0.05, 0.1) is 5.52 Å². The lowest BCUT2D eigenvalue weighted by molar-refractivity contribution is 0.00598. The first-order chi connectivity index (χ1) is 12.7. The summed E-state index contributed by atoms with van der Waals surface area (Å²) in [5.41, 5.74) is 8.10. The number of hydrogen-bond acceptors (Lipinski definition) is 5. The molecule has 1 spiro atoms. The second-order valence-corrected chi connectivity index (χ2v) is 9.03. The molecule has 0 unspecified atom stereocenters. The van der Waals surface area contributed by atoms with Crippen molar-refractivity contribution in [2.45, 2.75) is 39.2 Å². The summed E-state index contributed by atoms with van der Waals surface area (Å²) in [6, 6.07) is 6.35. The quantitative estimate of drug-likeness (QED) is 0.834. The molecule has 2 N–H and O–H groups in total. The van der Waals surface area contributed by atoms with Crippen LogP contribution in [0, 0.1) is 5.41 Å². The van der Waals surface area contributed by atoms with E-state index in [0.29, 0.717) is 11.2 Å². The van der Waals surface area contributed by atoms with Gasteiger partial charge in [-0.2, -0.15) is 5.10 Å². The molecular weight excluding hydrogens is 342 g/mol. The summed E-state index contributed by atoms with van der Waals surface area (Å²) < 4.78 is 7.34. The fourth-order valence-corrected chi connectivity index (χ4v) is 4.22. The zero-order valence-corrected chi connectivity index (χ0v) is 16.7. The van der Waals surface area contributed by atoms with Gasteiger partial charge in [-0.1, -0.05) is 0 Å². The number of anilines is 2. The zero-order valence-electron chi connectivity index (χ0n) is 16.7. The van der Waals surface area contributed by atoms with E-state index in [0.717, 1.165) is 49.9 Å². The van der Waals surface area contributed by atoms with E-state index < -0.39 is 5.60 Å². The molecule has 2 aliphatic rings. The highest BCUT2D eigenvalue weighted by Gasteiger charge is 2.46. The molecular formula is C20H29N5O2. The number of aryl methyl sites for hydroxylation is 1. The number of hydrogen-bond donors (Lipinski definition) is 1. The Morgan fingerprint density at radius 1 is 1.22 bits per heavy atom. The van der Waals surface area contributed by atoms with Crippen LogP contribution in [-0.2, 0) is 11.8 Å². The molecule has 0 radical (unpaired) electrons. The number of aromatic nitrogens is 2. The molecule has 1 amide bonds. The molecule has 146 valence electrons. The molecule has 2 aliphatic heterocycles. The number of nitrogens with two attached hydrogens (primary N) is 1. The maximum atomic E-state index is 12.3. The minimum Gasteiger partial charge on any atom is -0.444 e. The summed E-state index contributed by atoms with van der Waals surface area (Å²) in [5.74, 6) is 0.577. The predicted molar refractivity (Wildman–Crippen MR) is 107 cm³/mol. The monoisotopic (exact) mass is 371 g/mol. The summed E-state index contributed by atoms with van der Waals surface area (Å²) in [4.78, 5) is 16.5. The van der Waals surface area contributed by atoms with Crippen molar-refractivity contribution in [3.8, 4) is 0 Å². The number of nitrogens with zero attached hydrogens (tertiary/aromatic N) is 4. The van der Waals surface area contributed by atoms with Crippen molar-refractivity contribution in [2.24, 2.45) is 12.5 Å². The van der Waals surface area contributed by atoms with Crippen molar-refractivity contribution < 1.29 is 9.53 Å². The fourth-order valence-electron chi connectivity index (χ4n) is 4.22. The predicted octanol–water partition coefficient (Wildman–Crippen LogP) is 2.99. The van der Waals surface area contributed by atoms with Gasteiger partial charge in [-0.25, -0.2) is 4.79 Å². The zero-order chi connectivity index (χ0) is 19.4. The molecule has 1 aromatic heterocycles. The minimum absolute atomic E-state index is 0.187. The van der Waals surface area contributed by atoms with Crippen LogP contribution in [0.5, 0.6) is 0 Å². The lowest BCUT2D eigenvalue weighted by Gasteiger charge is -2.55. The minimum atomic E-state index is -0.437. The number of fused-ring (bicyclic) bond motifs is 1. The summed E-state index contributed by atoms with van der Waals surface area (Å²) in [6.45, 7) is 9.36. The normalized spacial score (nSPS) is 19.4. The number of benzene rings is 1. The highest BCUT2D eigenvalue weighted by atomic mass is 16.6. The van der Waals surface area contributed by atoms with Crippen LogP contribution in [0.4, 0.5) is 16.3 Å². The molecule has 7 heteroatoms. The van der Waals surface area contributed by atoms with Gasteiger partial charge in [-0.3, -0.25) is 4.68 Å². The van der Waals surface area contributed by atoms with Crippen LogP contribution >= 0.6 is 0 Å². The van der Waals surface area contributed by atoms with Crippen molar-refractivity contribution in [3.05, 3.63) is 18.2 Å². The number of likely N-dealkylation sites (tertiary alicyclic amines) is 1. The Hall–Kier alpha value is -2.44. The summed E-state index contributed by atoms with van der Waals surface area (Å²) >= 11 is 0. The average molecular weight is 371 g/mol. The first-order valence-electron chi connectivity index (χ1n) is 9.61. The van der Waals surface area contributed by atoms with Crippen molar-refractivity contribution in [3.63, 3.8) is 0 Å². The van der Waals surface area contributed by atoms with Gasteiger partial charge in [0.2, 0.25) is 0 Å². The van der Waals surface area contributed by atoms with Crippen LogP contribution in [0.3, 0.4) is 0 Å². The first-order valence-corrected chi connectivity index (χ1v) is 9.61. The third kappa shape index (κ3) is 3.31. The van der Waals surface area contributed by atoms with Gasteiger partial charge in [0.1, 0.15) is 5.60 Å². The highest BCUT2D eigenvalue weighted by Crippen LogP contribution is 2.43. The number of nitrogen functional groups attached to an aromatic ring is 1. The third-order valence-corrected chi connectivity index (χ3v) is 5.76. The van der Waals surface area contributed by atoms with Crippen LogP contribution in [0.1, 0.15) is 33.6 Å². The Kier molecular flexibility index (Phi) is 4.01. The number of piperidine rings is 1. The number of amides is 1. The Labute approximate surface area is 160 Å². The van der Waals surface area contributed by atoms with Crippen molar-refractivity contribution in [2.75, 3.05) is 36.8 Å². The molecule has 1 aromatic carbocycles. The maximum absolute atomic E-state index is 12.3. The van der Waals surface area contributed by atoms with Gasteiger partial charge < -0.3 is 20.3 Å². The lowest BCUT2D eigenvalue weighted by atomic mass is 9.72. The van der Waals surface area contributed by atoms with E-state index in [1.54, 1.807) is 0 Å². The number of carbonyl (C=O) groups excluding carboxylic acids is 1.